The van der Waals surface area contributed by atoms with Gasteiger partial charge in [-0.1, -0.05) is 23.4 Å². The van der Waals surface area contributed by atoms with Crippen molar-refractivity contribution in [2.75, 3.05) is 18.5 Å². The zero-order valence-corrected chi connectivity index (χ0v) is 17.6. The molecule has 2 heterocycles. The van der Waals surface area contributed by atoms with E-state index in [2.05, 4.69) is 15.5 Å². The van der Waals surface area contributed by atoms with Gasteiger partial charge in [0, 0.05) is 24.7 Å². The Morgan fingerprint density at radius 3 is 2.81 bits per heavy atom. The number of likely N-dealkylation sites (tertiary alicyclic amines) is 1. The molecule has 8 nitrogen and oxygen atoms in total. The van der Waals surface area contributed by atoms with Gasteiger partial charge in [0.25, 0.3) is 5.91 Å². The molecule has 1 saturated heterocycles. The minimum absolute atomic E-state index is 0.0918. The third-order valence-electron chi connectivity index (χ3n) is 5.13. The van der Waals surface area contributed by atoms with Crippen LogP contribution in [-0.2, 0) is 9.59 Å². The number of aromatic nitrogens is 2. The summed E-state index contributed by atoms with van der Waals surface area (Å²) >= 11 is 0. The summed E-state index contributed by atoms with van der Waals surface area (Å²) in [5.41, 5.74) is 0.663. The molecule has 4 rings (SSSR count). The highest BCUT2D eigenvalue weighted by atomic mass is 19.1. The summed E-state index contributed by atoms with van der Waals surface area (Å²) in [6, 6.07) is 12.8. The van der Waals surface area contributed by atoms with Gasteiger partial charge in [0.05, 0.1) is 0 Å². The predicted molar refractivity (Wildman–Crippen MR) is 114 cm³/mol. The van der Waals surface area contributed by atoms with Crippen LogP contribution < -0.4 is 10.1 Å². The molecule has 1 aliphatic rings. The molecule has 1 unspecified atom stereocenters. The molecule has 0 aliphatic carbocycles. The van der Waals surface area contributed by atoms with Gasteiger partial charge in [-0.25, -0.2) is 4.39 Å². The fourth-order valence-corrected chi connectivity index (χ4v) is 3.71. The predicted octanol–water partition coefficient (Wildman–Crippen LogP) is 3.97. The second kappa shape index (κ2) is 9.59. The lowest BCUT2D eigenvalue weighted by atomic mass is 10.0. The van der Waals surface area contributed by atoms with Crippen molar-refractivity contribution < 1.29 is 23.2 Å². The van der Waals surface area contributed by atoms with Gasteiger partial charge in [-0.3, -0.25) is 9.59 Å². The molecule has 2 amide bonds. The third-order valence-corrected chi connectivity index (χ3v) is 5.13. The van der Waals surface area contributed by atoms with E-state index in [0.29, 0.717) is 30.0 Å². The van der Waals surface area contributed by atoms with Crippen molar-refractivity contribution in [3.63, 3.8) is 0 Å². The zero-order valence-electron chi connectivity index (χ0n) is 17.6. The lowest BCUT2D eigenvalue weighted by Crippen LogP contribution is -2.41. The minimum atomic E-state index is -0.537. The van der Waals surface area contributed by atoms with Crippen LogP contribution in [-0.4, -0.2) is 40.0 Å². The number of nitrogens with one attached hydrogen (secondary N) is 1. The van der Waals surface area contributed by atoms with Crippen LogP contribution in [0.4, 0.5) is 10.1 Å². The molecule has 0 saturated carbocycles. The van der Waals surface area contributed by atoms with Crippen LogP contribution in [0.5, 0.6) is 5.75 Å². The van der Waals surface area contributed by atoms with Crippen molar-refractivity contribution in [2.45, 2.75) is 32.2 Å². The molecule has 1 N–H and O–H groups in total. The maximum absolute atomic E-state index is 14.0. The summed E-state index contributed by atoms with van der Waals surface area (Å²) in [5, 5.41) is 6.52. The number of carbonyl (C=O) groups is 2. The summed E-state index contributed by atoms with van der Waals surface area (Å²) in [6.45, 7) is 1.81. The first kappa shape index (κ1) is 21.5. The molecule has 0 spiro atoms. The first-order chi connectivity index (χ1) is 15.5. The molecule has 0 bridgehead atoms. The van der Waals surface area contributed by atoms with Crippen molar-refractivity contribution in [2.24, 2.45) is 0 Å². The first-order valence-corrected chi connectivity index (χ1v) is 10.4. The number of amides is 2. The highest BCUT2D eigenvalue weighted by Crippen LogP contribution is 2.32. The number of anilines is 1. The summed E-state index contributed by atoms with van der Waals surface area (Å²) in [5.74, 6) is 0.0739. The largest absolute Gasteiger partial charge is 0.484 e. The van der Waals surface area contributed by atoms with Gasteiger partial charge in [0.2, 0.25) is 17.6 Å². The summed E-state index contributed by atoms with van der Waals surface area (Å²) in [6.07, 6.45) is 2.47. The average Bonchev–Trinajstić information content (AvgIpc) is 3.28. The van der Waals surface area contributed by atoms with E-state index in [1.807, 2.05) is 18.2 Å². The Morgan fingerprint density at radius 1 is 1.22 bits per heavy atom. The van der Waals surface area contributed by atoms with Crippen LogP contribution in [0.2, 0.25) is 0 Å². The van der Waals surface area contributed by atoms with Crippen molar-refractivity contribution in [1.29, 1.82) is 0 Å². The maximum atomic E-state index is 14.0. The number of halogens is 1. The summed E-state index contributed by atoms with van der Waals surface area (Å²) < 4.78 is 25.1. The summed E-state index contributed by atoms with van der Waals surface area (Å²) in [4.78, 5) is 30.3. The molecule has 1 fully saturated rings. The van der Waals surface area contributed by atoms with Crippen LogP contribution in [0.1, 0.15) is 38.1 Å². The summed E-state index contributed by atoms with van der Waals surface area (Å²) in [7, 11) is 0. The molecular weight excluding hydrogens is 415 g/mol. The highest BCUT2D eigenvalue weighted by Gasteiger charge is 2.32. The smallest absolute Gasteiger partial charge is 0.261 e. The van der Waals surface area contributed by atoms with Crippen molar-refractivity contribution >= 4 is 17.5 Å². The molecule has 9 heteroatoms. The van der Waals surface area contributed by atoms with E-state index < -0.39 is 5.82 Å². The fourth-order valence-electron chi connectivity index (χ4n) is 3.71. The van der Waals surface area contributed by atoms with Gasteiger partial charge < -0.3 is 19.5 Å². The highest BCUT2D eigenvalue weighted by molar-refractivity contribution is 5.89. The quantitative estimate of drug-likeness (QED) is 0.626. The van der Waals surface area contributed by atoms with Crippen LogP contribution in [0, 0.1) is 5.82 Å². The Labute approximate surface area is 184 Å². The van der Waals surface area contributed by atoms with Crippen LogP contribution in [0.3, 0.4) is 0 Å². The maximum Gasteiger partial charge on any atom is 0.261 e. The van der Waals surface area contributed by atoms with Gasteiger partial charge in [0.1, 0.15) is 17.6 Å². The van der Waals surface area contributed by atoms with E-state index in [1.54, 1.807) is 23.1 Å². The Balaban J connectivity index is 1.51. The van der Waals surface area contributed by atoms with Gasteiger partial charge in [0.15, 0.2) is 6.61 Å². The molecule has 166 valence electrons. The zero-order chi connectivity index (χ0) is 22.5. The molecule has 0 radical (unpaired) electrons. The van der Waals surface area contributed by atoms with E-state index in [4.69, 9.17) is 9.26 Å². The Morgan fingerprint density at radius 2 is 2.03 bits per heavy atom. The van der Waals surface area contributed by atoms with Crippen molar-refractivity contribution in [3.05, 3.63) is 60.2 Å². The van der Waals surface area contributed by atoms with E-state index in [1.165, 1.54) is 19.1 Å². The molecular formula is C23H23FN4O4. The van der Waals surface area contributed by atoms with Crippen LogP contribution in [0.25, 0.3) is 11.4 Å². The Bertz CT molecular complexity index is 1100. The van der Waals surface area contributed by atoms with Gasteiger partial charge in [-0.2, -0.15) is 4.98 Å². The lowest BCUT2D eigenvalue weighted by molar-refractivity contribution is -0.138. The molecule has 1 aliphatic heterocycles. The Hall–Kier alpha value is -3.75. The van der Waals surface area contributed by atoms with Crippen LogP contribution >= 0.6 is 0 Å². The first-order valence-electron chi connectivity index (χ1n) is 10.4. The van der Waals surface area contributed by atoms with Gasteiger partial charge in [-0.05, 0) is 49.6 Å². The second-order valence-corrected chi connectivity index (χ2v) is 7.57. The minimum Gasteiger partial charge on any atom is -0.484 e. The molecule has 3 aromatic rings. The second-order valence-electron chi connectivity index (χ2n) is 7.57. The number of para-hydroxylation sites is 1. The Kier molecular flexibility index (Phi) is 6.44. The van der Waals surface area contributed by atoms with E-state index in [9.17, 15) is 14.0 Å². The number of piperidine rings is 1. The number of nitrogens with zero attached hydrogens (tertiary/aromatic N) is 3. The molecule has 1 atom stereocenters. The lowest BCUT2D eigenvalue weighted by Gasteiger charge is -2.33. The topological polar surface area (TPSA) is 97.6 Å². The third kappa shape index (κ3) is 5.11. The normalized spacial score (nSPS) is 15.9. The van der Waals surface area contributed by atoms with Crippen molar-refractivity contribution in [3.8, 4) is 17.1 Å². The number of hydrogen-bond acceptors (Lipinski definition) is 6. The number of ether oxygens (including phenoxy) is 1. The van der Waals surface area contributed by atoms with E-state index >= 15 is 0 Å². The number of hydrogen-bond donors (Lipinski definition) is 1. The fraction of sp³-hybridized carbons (Fsp3) is 0.304. The molecule has 1 aromatic heterocycles. The standard InChI is InChI=1S/C23H23FN4O4/c1-15(29)25-18-12-16(11-17(24)13-18)22-26-23(32-27-22)20-9-5-6-10-28(20)21(30)14-31-19-7-3-2-4-8-19/h2-4,7-8,11-13,20H,5-6,9-10,14H2,1H3,(H,25,29). The number of rotatable bonds is 6. The van der Waals surface area contributed by atoms with E-state index in [-0.39, 0.29) is 36.2 Å². The number of benzene rings is 2. The van der Waals surface area contributed by atoms with Crippen molar-refractivity contribution in [1.82, 2.24) is 15.0 Å². The van der Waals surface area contributed by atoms with Gasteiger partial charge in [-0.15, -0.1) is 0 Å². The van der Waals surface area contributed by atoms with E-state index in [0.717, 1.165) is 12.8 Å². The average molecular weight is 438 g/mol. The SMILES string of the molecule is CC(=O)Nc1cc(F)cc(-c2noc(C3CCCCN3C(=O)COc3ccccc3)n2)c1. The monoisotopic (exact) mass is 438 g/mol. The molecule has 32 heavy (non-hydrogen) atoms. The molecule has 2 aromatic carbocycles. The van der Waals surface area contributed by atoms with Gasteiger partial charge >= 0.3 is 0 Å². The number of carbonyl (C=O) groups excluding carboxylic acids is 2. The van der Waals surface area contributed by atoms with Crippen LogP contribution in [0.15, 0.2) is 53.1 Å².